The standard InChI is InChI=1S/C11H14BrFN2/c1-14-11(7-5-15-6-7)9-4-8(12)2-3-10(9)13/h2-4,7,11,14-15H,5-6H2,1H3. The summed E-state index contributed by atoms with van der Waals surface area (Å²) in [6.45, 7) is 1.91. The molecule has 82 valence electrons. The van der Waals surface area contributed by atoms with Gasteiger partial charge in [0.25, 0.3) is 0 Å². The van der Waals surface area contributed by atoms with Crippen LogP contribution in [0.5, 0.6) is 0 Å². The smallest absolute Gasteiger partial charge is 0.128 e. The van der Waals surface area contributed by atoms with Gasteiger partial charge in [0.15, 0.2) is 0 Å². The van der Waals surface area contributed by atoms with Crippen LogP contribution in [-0.4, -0.2) is 20.1 Å². The van der Waals surface area contributed by atoms with Crippen LogP contribution < -0.4 is 10.6 Å². The first kappa shape index (κ1) is 11.0. The molecule has 1 saturated heterocycles. The number of benzene rings is 1. The van der Waals surface area contributed by atoms with E-state index in [1.54, 1.807) is 6.07 Å². The molecule has 0 radical (unpaired) electrons. The van der Waals surface area contributed by atoms with Crippen LogP contribution in [0.15, 0.2) is 22.7 Å². The lowest BCUT2D eigenvalue weighted by molar-refractivity contribution is 0.263. The van der Waals surface area contributed by atoms with Crippen molar-refractivity contribution < 1.29 is 4.39 Å². The van der Waals surface area contributed by atoms with E-state index >= 15 is 0 Å². The van der Waals surface area contributed by atoms with Crippen LogP contribution in [-0.2, 0) is 0 Å². The summed E-state index contributed by atoms with van der Waals surface area (Å²) in [6, 6.07) is 5.19. The molecule has 0 aromatic heterocycles. The highest BCUT2D eigenvalue weighted by atomic mass is 79.9. The molecular weight excluding hydrogens is 259 g/mol. The fourth-order valence-electron chi connectivity index (χ4n) is 1.94. The second kappa shape index (κ2) is 4.60. The van der Waals surface area contributed by atoms with Crippen LogP contribution in [0.4, 0.5) is 4.39 Å². The molecule has 2 rings (SSSR count). The maximum absolute atomic E-state index is 13.6. The van der Waals surface area contributed by atoms with Crippen molar-refractivity contribution in [2.45, 2.75) is 6.04 Å². The van der Waals surface area contributed by atoms with Crippen molar-refractivity contribution in [2.75, 3.05) is 20.1 Å². The summed E-state index contributed by atoms with van der Waals surface area (Å²) in [6.07, 6.45) is 0. The molecule has 1 aromatic rings. The van der Waals surface area contributed by atoms with Gasteiger partial charge in [-0.15, -0.1) is 0 Å². The van der Waals surface area contributed by atoms with Crippen LogP contribution in [0, 0.1) is 11.7 Å². The SMILES string of the molecule is CNC(c1cc(Br)ccc1F)C1CNC1. The number of halogens is 2. The molecule has 1 heterocycles. The van der Waals surface area contributed by atoms with Crippen molar-refractivity contribution in [3.8, 4) is 0 Å². The Hall–Kier alpha value is -0.450. The molecule has 1 atom stereocenters. The average molecular weight is 273 g/mol. The van der Waals surface area contributed by atoms with E-state index in [2.05, 4.69) is 26.6 Å². The van der Waals surface area contributed by atoms with Gasteiger partial charge in [0, 0.05) is 35.1 Å². The van der Waals surface area contributed by atoms with E-state index in [0.29, 0.717) is 5.92 Å². The van der Waals surface area contributed by atoms with Crippen molar-refractivity contribution in [1.29, 1.82) is 0 Å². The van der Waals surface area contributed by atoms with Gasteiger partial charge in [0.1, 0.15) is 5.82 Å². The predicted octanol–water partition coefficient (Wildman–Crippen LogP) is 2.07. The fourth-order valence-corrected chi connectivity index (χ4v) is 2.32. The van der Waals surface area contributed by atoms with Gasteiger partial charge in [-0.2, -0.15) is 0 Å². The third-order valence-corrected chi connectivity index (χ3v) is 3.38. The Labute approximate surface area is 97.4 Å². The first-order chi connectivity index (χ1) is 7.22. The summed E-state index contributed by atoms with van der Waals surface area (Å²) < 4.78 is 14.6. The van der Waals surface area contributed by atoms with Crippen LogP contribution in [0.2, 0.25) is 0 Å². The van der Waals surface area contributed by atoms with Gasteiger partial charge in [-0.05, 0) is 25.2 Å². The van der Waals surface area contributed by atoms with Gasteiger partial charge in [0.2, 0.25) is 0 Å². The lowest BCUT2D eigenvalue weighted by Gasteiger charge is -2.35. The molecule has 0 bridgehead atoms. The molecule has 1 fully saturated rings. The minimum atomic E-state index is -0.135. The maximum Gasteiger partial charge on any atom is 0.128 e. The van der Waals surface area contributed by atoms with Gasteiger partial charge < -0.3 is 10.6 Å². The minimum Gasteiger partial charge on any atom is -0.316 e. The third-order valence-electron chi connectivity index (χ3n) is 2.89. The molecule has 0 amide bonds. The molecule has 1 aromatic carbocycles. The molecule has 2 nitrogen and oxygen atoms in total. The van der Waals surface area contributed by atoms with Gasteiger partial charge in [0.05, 0.1) is 0 Å². The third kappa shape index (κ3) is 2.22. The Morgan fingerprint density at radius 2 is 2.27 bits per heavy atom. The van der Waals surface area contributed by atoms with Crippen LogP contribution in [0.3, 0.4) is 0 Å². The van der Waals surface area contributed by atoms with Crippen molar-refractivity contribution in [2.24, 2.45) is 5.92 Å². The van der Waals surface area contributed by atoms with Gasteiger partial charge in [-0.25, -0.2) is 4.39 Å². The Morgan fingerprint density at radius 3 is 2.80 bits per heavy atom. The van der Waals surface area contributed by atoms with Crippen molar-refractivity contribution in [3.05, 3.63) is 34.1 Å². The van der Waals surface area contributed by atoms with E-state index in [1.807, 2.05) is 13.1 Å². The van der Waals surface area contributed by atoms with Gasteiger partial charge in [-0.3, -0.25) is 0 Å². The zero-order valence-corrected chi connectivity index (χ0v) is 10.1. The second-order valence-corrected chi connectivity index (χ2v) is 4.77. The number of hydrogen-bond donors (Lipinski definition) is 2. The van der Waals surface area contributed by atoms with E-state index in [0.717, 1.165) is 23.1 Å². The van der Waals surface area contributed by atoms with E-state index < -0.39 is 0 Å². The van der Waals surface area contributed by atoms with Crippen molar-refractivity contribution >= 4 is 15.9 Å². The molecule has 4 heteroatoms. The summed E-state index contributed by atoms with van der Waals surface area (Å²) in [5.41, 5.74) is 0.748. The molecule has 0 aliphatic carbocycles. The highest BCUT2D eigenvalue weighted by Crippen LogP contribution is 2.28. The fraction of sp³-hybridized carbons (Fsp3) is 0.455. The highest BCUT2D eigenvalue weighted by molar-refractivity contribution is 9.10. The topological polar surface area (TPSA) is 24.1 Å². The molecule has 1 unspecified atom stereocenters. The Kier molecular flexibility index (Phi) is 3.38. The van der Waals surface area contributed by atoms with Crippen molar-refractivity contribution in [1.82, 2.24) is 10.6 Å². The lowest BCUT2D eigenvalue weighted by atomic mass is 9.88. The van der Waals surface area contributed by atoms with E-state index in [1.165, 1.54) is 6.07 Å². The van der Waals surface area contributed by atoms with Crippen LogP contribution in [0.25, 0.3) is 0 Å². The first-order valence-corrected chi connectivity index (χ1v) is 5.84. The molecule has 2 N–H and O–H groups in total. The Balaban J connectivity index is 2.28. The number of hydrogen-bond acceptors (Lipinski definition) is 2. The van der Waals surface area contributed by atoms with Gasteiger partial charge in [-0.1, -0.05) is 15.9 Å². The number of nitrogens with one attached hydrogen (secondary N) is 2. The average Bonchev–Trinajstić information content (AvgIpc) is 2.15. The summed E-state index contributed by atoms with van der Waals surface area (Å²) in [4.78, 5) is 0. The van der Waals surface area contributed by atoms with E-state index in [9.17, 15) is 4.39 Å². The van der Waals surface area contributed by atoms with Crippen LogP contribution >= 0.6 is 15.9 Å². The molecule has 0 spiro atoms. The Morgan fingerprint density at radius 1 is 1.53 bits per heavy atom. The molecule has 0 saturated carbocycles. The summed E-state index contributed by atoms with van der Waals surface area (Å²) in [5, 5.41) is 6.39. The zero-order chi connectivity index (χ0) is 10.8. The molecule has 1 aliphatic rings. The predicted molar refractivity (Wildman–Crippen MR) is 62.3 cm³/mol. The second-order valence-electron chi connectivity index (χ2n) is 3.85. The zero-order valence-electron chi connectivity index (χ0n) is 8.56. The maximum atomic E-state index is 13.6. The van der Waals surface area contributed by atoms with Crippen LogP contribution in [0.1, 0.15) is 11.6 Å². The summed E-state index contributed by atoms with van der Waals surface area (Å²) in [7, 11) is 1.88. The quantitative estimate of drug-likeness (QED) is 0.881. The monoisotopic (exact) mass is 272 g/mol. The molecule has 1 aliphatic heterocycles. The Bertz CT molecular complexity index is 352. The summed E-state index contributed by atoms with van der Waals surface area (Å²) in [5.74, 6) is 0.350. The minimum absolute atomic E-state index is 0.101. The molecular formula is C11H14BrFN2. The summed E-state index contributed by atoms with van der Waals surface area (Å²) >= 11 is 3.37. The first-order valence-electron chi connectivity index (χ1n) is 5.05. The van der Waals surface area contributed by atoms with Crippen molar-refractivity contribution in [3.63, 3.8) is 0 Å². The highest BCUT2D eigenvalue weighted by Gasteiger charge is 2.28. The lowest BCUT2D eigenvalue weighted by Crippen LogP contribution is -2.48. The normalized spacial score (nSPS) is 18.6. The van der Waals surface area contributed by atoms with E-state index in [-0.39, 0.29) is 11.9 Å². The largest absolute Gasteiger partial charge is 0.316 e. The molecule has 15 heavy (non-hydrogen) atoms. The van der Waals surface area contributed by atoms with Gasteiger partial charge >= 0.3 is 0 Å². The van der Waals surface area contributed by atoms with E-state index in [4.69, 9.17) is 0 Å². The number of rotatable bonds is 3.